The summed E-state index contributed by atoms with van der Waals surface area (Å²) in [6.45, 7) is 6.87. The number of aromatic hydroxyl groups is 1. The van der Waals surface area contributed by atoms with Crippen LogP contribution in [-0.4, -0.2) is 44.0 Å². The lowest BCUT2D eigenvalue weighted by atomic mass is 9.98. The number of hydrogen-bond donors (Lipinski definition) is 3. The van der Waals surface area contributed by atoms with Crippen molar-refractivity contribution in [3.05, 3.63) is 23.8 Å². The van der Waals surface area contributed by atoms with Crippen molar-refractivity contribution in [1.82, 2.24) is 10.6 Å². The number of ether oxygens (including phenoxy) is 2. The van der Waals surface area contributed by atoms with E-state index >= 15 is 0 Å². The topological polar surface area (TPSA) is 75.1 Å². The Morgan fingerprint density at radius 1 is 1.25 bits per heavy atom. The maximum absolute atomic E-state index is 10.0. The van der Waals surface area contributed by atoms with Gasteiger partial charge < -0.3 is 25.2 Å². The molecule has 160 valence electrons. The molecule has 1 atom stereocenters. The number of guanidine groups is 1. The third-order valence-corrected chi connectivity index (χ3v) is 5.07. The fourth-order valence-electron chi connectivity index (χ4n) is 3.65. The summed E-state index contributed by atoms with van der Waals surface area (Å²) in [6, 6.07) is 5.19. The first-order chi connectivity index (χ1) is 13.2. The van der Waals surface area contributed by atoms with Crippen molar-refractivity contribution >= 4 is 29.9 Å². The highest BCUT2D eigenvalue weighted by molar-refractivity contribution is 14.0. The smallest absolute Gasteiger partial charge is 0.191 e. The predicted molar refractivity (Wildman–Crippen MR) is 125 cm³/mol. The molecule has 1 aromatic rings. The Hall–Kier alpha value is -1.22. The molecule has 1 unspecified atom stereocenters. The molecule has 0 aliphatic heterocycles. The van der Waals surface area contributed by atoms with Gasteiger partial charge in [-0.25, -0.2) is 4.99 Å². The van der Waals surface area contributed by atoms with E-state index < -0.39 is 0 Å². The molecule has 1 saturated carbocycles. The van der Waals surface area contributed by atoms with Gasteiger partial charge >= 0.3 is 0 Å². The van der Waals surface area contributed by atoms with Gasteiger partial charge in [0.2, 0.25) is 0 Å². The van der Waals surface area contributed by atoms with E-state index in [9.17, 15) is 5.11 Å². The Kier molecular flexibility index (Phi) is 12.3. The van der Waals surface area contributed by atoms with Gasteiger partial charge in [0.05, 0.1) is 19.8 Å². The van der Waals surface area contributed by atoms with Crippen LogP contribution in [0.2, 0.25) is 0 Å². The molecule has 0 radical (unpaired) electrons. The first-order valence-electron chi connectivity index (χ1n) is 10.2. The lowest BCUT2D eigenvalue weighted by molar-refractivity contribution is 0.0169. The second kappa shape index (κ2) is 13.9. The fourth-order valence-corrected chi connectivity index (χ4v) is 3.65. The van der Waals surface area contributed by atoms with Gasteiger partial charge in [-0.05, 0) is 57.2 Å². The van der Waals surface area contributed by atoms with E-state index in [1.54, 1.807) is 19.2 Å². The van der Waals surface area contributed by atoms with Gasteiger partial charge in [-0.1, -0.05) is 12.8 Å². The lowest BCUT2D eigenvalue weighted by Crippen LogP contribution is -2.39. The van der Waals surface area contributed by atoms with E-state index in [0.29, 0.717) is 24.3 Å². The molecule has 2 rings (SSSR count). The molecule has 0 saturated heterocycles. The van der Waals surface area contributed by atoms with Crippen LogP contribution < -0.4 is 15.4 Å². The standard InChI is InChI=1S/C21H35N3O3.HI/c1-4-22-21(24-15-17-14-18(26-3)10-11-19(17)25)23-13-12-20(27-5-2)16-8-6-7-9-16;/h10-11,14,16,20,25H,4-9,12-13,15H2,1-3H3,(H2,22,23,24);1H. The molecule has 0 aromatic heterocycles. The van der Waals surface area contributed by atoms with Crippen LogP contribution in [0.5, 0.6) is 11.5 Å². The maximum Gasteiger partial charge on any atom is 0.191 e. The summed E-state index contributed by atoms with van der Waals surface area (Å²) in [6.07, 6.45) is 6.54. The normalized spacial score (nSPS) is 15.8. The average molecular weight is 505 g/mol. The lowest BCUT2D eigenvalue weighted by Gasteiger charge is -2.24. The summed E-state index contributed by atoms with van der Waals surface area (Å²) in [4.78, 5) is 4.60. The minimum Gasteiger partial charge on any atom is -0.508 e. The minimum absolute atomic E-state index is 0. The van der Waals surface area contributed by atoms with Crippen molar-refractivity contribution in [2.45, 2.75) is 58.6 Å². The van der Waals surface area contributed by atoms with E-state index in [4.69, 9.17) is 9.47 Å². The summed E-state index contributed by atoms with van der Waals surface area (Å²) in [7, 11) is 1.62. The number of hydrogen-bond acceptors (Lipinski definition) is 4. The Morgan fingerprint density at radius 3 is 2.64 bits per heavy atom. The fraction of sp³-hybridized carbons (Fsp3) is 0.667. The van der Waals surface area contributed by atoms with Gasteiger partial charge in [0, 0.05) is 25.3 Å². The second-order valence-electron chi connectivity index (χ2n) is 6.94. The quantitative estimate of drug-likeness (QED) is 0.254. The molecule has 0 amide bonds. The molecule has 0 bridgehead atoms. The Labute approximate surface area is 186 Å². The first kappa shape index (κ1) is 24.8. The van der Waals surface area contributed by atoms with E-state index in [1.807, 2.05) is 13.0 Å². The van der Waals surface area contributed by atoms with Crippen molar-refractivity contribution in [2.75, 3.05) is 26.8 Å². The largest absolute Gasteiger partial charge is 0.508 e. The van der Waals surface area contributed by atoms with Gasteiger partial charge in [0.15, 0.2) is 5.96 Å². The molecule has 0 heterocycles. The Morgan fingerprint density at radius 2 is 2.00 bits per heavy atom. The zero-order valence-electron chi connectivity index (χ0n) is 17.4. The second-order valence-corrected chi connectivity index (χ2v) is 6.94. The molecule has 1 aliphatic carbocycles. The van der Waals surface area contributed by atoms with E-state index in [1.165, 1.54) is 25.7 Å². The molecule has 0 spiro atoms. The number of phenols is 1. The third kappa shape index (κ3) is 8.03. The van der Waals surface area contributed by atoms with Crippen LogP contribution in [0, 0.1) is 5.92 Å². The van der Waals surface area contributed by atoms with Crippen LogP contribution in [0.15, 0.2) is 23.2 Å². The van der Waals surface area contributed by atoms with Gasteiger partial charge in [-0.3, -0.25) is 0 Å². The van der Waals surface area contributed by atoms with Crippen molar-refractivity contribution in [1.29, 1.82) is 0 Å². The average Bonchev–Trinajstić information content (AvgIpc) is 3.21. The van der Waals surface area contributed by atoms with Crippen LogP contribution in [0.1, 0.15) is 51.5 Å². The Balaban J connectivity index is 0.00000392. The van der Waals surface area contributed by atoms with Gasteiger partial charge in [-0.2, -0.15) is 0 Å². The van der Waals surface area contributed by atoms with E-state index in [-0.39, 0.29) is 29.7 Å². The van der Waals surface area contributed by atoms with E-state index in [0.717, 1.165) is 37.6 Å². The zero-order chi connectivity index (χ0) is 19.5. The molecule has 1 fully saturated rings. The summed E-state index contributed by atoms with van der Waals surface area (Å²) in [5.41, 5.74) is 0.740. The monoisotopic (exact) mass is 505 g/mol. The maximum atomic E-state index is 10.0. The highest BCUT2D eigenvalue weighted by Gasteiger charge is 2.25. The summed E-state index contributed by atoms with van der Waals surface area (Å²) in [5, 5.41) is 16.7. The number of benzene rings is 1. The van der Waals surface area contributed by atoms with Gasteiger partial charge in [0.25, 0.3) is 0 Å². The molecular weight excluding hydrogens is 469 g/mol. The third-order valence-electron chi connectivity index (χ3n) is 5.07. The summed E-state index contributed by atoms with van der Waals surface area (Å²) < 4.78 is 11.2. The van der Waals surface area contributed by atoms with Crippen molar-refractivity contribution in [3.8, 4) is 11.5 Å². The number of methoxy groups -OCH3 is 1. The number of halogens is 1. The van der Waals surface area contributed by atoms with Crippen molar-refractivity contribution in [2.24, 2.45) is 10.9 Å². The highest BCUT2D eigenvalue weighted by Crippen LogP contribution is 2.30. The number of phenolic OH excluding ortho intramolecular Hbond substituents is 1. The van der Waals surface area contributed by atoms with Crippen molar-refractivity contribution in [3.63, 3.8) is 0 Å². The molecule has 3 N–H and O–H groups in total. The Bertz CT molecular complexity index is 592. The van der Waals surface area contributed by atoms with Crippen LogP contribution in [0.25, 0.3) is 0 Å². The van der Waals surface area contributed by atoms with E-state index in [2.05, 4.69) is 22.5 Å². The molecular formula is C21H36IN3O3. The molecule has 7 heteroatoms. The van der Waals surface area contributed by atoms with Crippen molar-refractivity contribution < 1.29 is 14.6 Å². The molecule has 1 aromatic carbocycles. The minimum atomic E-state index is 0. The van der Waals surface area contributed by atoms with Crippen LogP contribution >= 0.6 is 24.0 Å². The number of aliphatic imine (C=N–C) groups is 1. The van der Waals surface area contributed by atoms with Crippen LogP contribution in [0.3, 0.4) is 0 Å². The van der Waals surface area contributed by atoms with Crippen LogP contribution in [0.4, 0.5) is 0 Å². The molecule has 28 heavy (non-hydrogen) atoms. The summed E-state index contributed by atoms with van der Waals surface area (Å²) in [5.74, 6) is 2.39. The van der Waals surface area contributed by atoms with Gasteiger partial charge in [0.1, 0.15) is 11.5 Å². The zero-order valence-corrected chi connectivity index (χ0v) is 19.7. The number of nitrogens with zero attached hydrogens (tertiary/aromatic N) is 1. The number of nitrogens with one attached hydrogen (secondary N) is 2. The SMILES string of the molecule is CCNC(=NCc1cc(OC)ccc1O)NCCC(OCC)C1CCCC1.I. The van der Waals surface area contributed by atoms with Gasteiger partial charge in [-0.15, -0.1) is 24.0 Å². The summed E-state index contributed by atoms with van der Waals surface area (Å²) >= 11 is 0. The van der Waals surface area contributed by atoms with Crippen LogP contribution in [-0.2, 0) is 11.3 Å². The molecule has 1 aliphatic rings. The first-order valence-corrected chi connectivity index (χ1v) is 10.2. The highest BCUT2D eigenvalue weighted by atomic mass is 127. The predicted octanol–water partition coefficient (Wildman–Crippen LogP) is 4.06. The number of rotatable bonds is 10. The molecule has 6 nitrogen and oxygen atoms in total.